The minimum Gasteiger partial charge on any atom is -0.451 e. The number of amides is 2. The lowest BCUT2D eigenvalue weighted by molar-refractivity contribution is -0.136. The van der Waals surface area contributed by atoms with E-state index in [0.29, 0.717) is 42.3 Å². The van der Waals surface area contributed by atoms with Crippen LogP contribution in [0.5, 0.6) is 0 Å². The zero-order valence-corrected chi connectivity index (χ0v) is 15.4. The molecule has 0 atom stereocenters. The van der Waals surface area contributed by atoms with Gasteiger partial charge in [0.25, 0.3) is 5.91 Å². The minimum absolute atomic E-state index is 0.0124. The lowest BCUT2D eigenvalue weighted by atomic mass is 9.95. The van der Waals surface area contributed by atoms with Crippen LogP contribution in [0.3, 0.4) is 0 Å². The standard InChI is InChI=1S/C19H23ClN2O3/c1-3-21(4-2)18(23)13-7-9-22(10-8-13)19(24)17-12-14-11-15(20)5-6-16(14)25-17/h5-6,11-13H,3-4,7-10H2,1-2H3. The van der Waals surface area contributed by atoms with Crippen molar-refractivity contribution in [3.8, 4) is 0 Å². The highest BCUT2D eigenvalue weighted by Gasteiger charge is 2.30. The van der Waals surface area contributed by atoms with Crippen molar-refractivity contribution >= 4 is 34.4 Å². The summed E-state index contributed by atoms with van der Waals surface area (Å²) in [6, 6.07) is 7.03. The fraction of sp³-hybridized carbons (Fsp3) is 0.474. The van der Waals surface area contributed by atoms with E-state index < -0.39 is 0 Å². The van der Waals surface area contributed by atoms with Crippen LogP contribution in [-0.4, -0.2) is 47.8 Å². The first kappa shape index (κ1) is 17.8. The Kier molecular flexibility index (Phi) is 5.33. The summed E-state index contributed by atoms with van der Waals surface area (Å²) in [4.78, 5) is 28.8. The van der Waals surface area contributed by atoms with Gasteiger partial charge in [0.1, 0.15) is 5.58 Å². The number of carbonyl (C=O) groups is 2. The summed E-state index contributed by atoms with van der Waals surface area (Å²) in [5, 5.41) is 1.44. The number of carbonyl (C=O) groups excluding carboxylic acids is 2. The Morgan fingerprint density at radius 3 is 2.52 bits per heavy atom. The lowest BCUT2D eigenvalue weighted by Gasteiger charge is -2.33. The zero-order chi connectivity index (χ0) is 18.0. The molecule has 1 fully saturated rings. The highest BCUT2D eigenvalue weighted by molar-refractivity contribution is 6.31. The summed E-state index contributed by atoms with van der Waals surface area (Å²) in [6.45, 7) is 6.61. The van der Waals surface area contributed by atoms with Crippen molar-refractivity contribution in [1.29, 1.82) is 0 Å². The van der Waals surface area contributed by atoms with Crippen LogP contribution in [0.1, 0.15) is 37.2 Å². The number of hydrogen-bond donors (Lipinski definition) is 0. The molecule has 3 rings (SSSR count). The van der Waals surface area contributed by atoms with Crippen LogP contribution in [0, 0.1) is 5.92 Å². The minimum atomic E-state index is -0.124. The van der Waals surface area contributed by atoms with Crippen molar-refractivity contribution in [2.45, 2.75) is 26.7 Å². The van der Waals surface area contributed by atoms with E-state index in [9.17, 15) is 9.59 Å². The number of hydrogen-bond acceptors (Lipinski definition) is 3. The van der Waals surface area contributed by atoms with E-state index in [1.165, 1.54) is 0 Å². The van der Waals surface area contributed by atoms with E-state index in [-0.39, 0.29) is 17.7 Å². The maximum Gasteiger partial charge on any atom is 0.289 e. The van der Waals surface area contributed by atoms with Gasteiger partial charge < -0.3 is 14.2 Å². The number of halogens is 1. The molecule has 1 aromatic carbocycles. The monoisotopic (exact) mass is 362 g/mol. The molecule has 1 aromatic heterocycles. The van der Waals surface area contributed by atoms with Crippen molar-refractivity contribution in [2.24, 2.45) is 5.92 Å². The second-order valence-electron chi connectivity index (χ2n) is 6.37. The molecule has 0 spiro atoms. The maximum absolute atomic E-state index is 12.7. The van der Waals surface area contributed by atoms with Crippen molar-refractivity contribution in [1.82, 2.24) is 9.80 Å². The average Bonchev–Trinajstić information content (AvgIpc) is 3.05. The van der Waals surface area contributed by atoms with Crippen LogP contribution in [-0.2, 0) is 4.79 Å². The van der Waals surface area contributed by atoms with Gasteiger partial charge in [0, 0.05) is 42.5 Å². The van der Waals surface area contributed by atoms with E-state index in [1.807, 2.05) is 18.7 Å². The van der Waals surface area contributed by atoms with E-state index in [4.69, 9.17) is 16.0 Å². The van der Waals surface area contributed by atoms with Gasteiger partial charge in [-0.2, -0.15) is 0 Å². The van der Waals surface area contributed by atoms with Gasteiger partial charge in [-0.1, -0.05) is 11.6 Å². The SMILES string of the molecule is CCN(CC)C(=O)C1CCN(C(=O)c2cc3cc(Cl)ccc3o2)CC1. The third-order valence-electron chi connectivity index (χ3n) is 4.90. The average molecular weight is 363 g/mol. The molecule has 0 N–H and O–H groups in total. The Labute approximate surface area is 152 Å². The highest BCUT2D eigenvalue weighted by Crippen LogP contribution is 2.26. The molecule has 1 aliphatic rings. The van der Waals surface area contributed by atoms with E-state index in [1.54, 1.807) is 29.2 Å². The summed E-state index contributed by atoms with van der Waals surface area (Å²) in [7, 11) is 0. The molecule has 1 saturated heterocycles. The molecule has 0 aliphatic carbocycles. The molecule has 1 aliphatic heterocycles. The van der Waals surface area contributed by atoms with Gasteiger partial charge in [-0.25, -0.2) is 0 Å². The van der Waals surface area contributed by atoms with Crippen molar-refractivity contribution in [2.75, 3.05) is 26.2 Å². The first-order valence-electron chi connectivity index (χ1n) is 8.80. The molecule has 2 aromatic rings. The van der Waals surface area contributed by atoms with Gasteiger partial charge in [0.15, 0.2) is 5.76 Å². The summed E-state index contributed by atoms with van der Waals surface area (Å²) < 4.78 is 5.66. The molecule has 0 bridgehead atoms. The molecule has 5 nitrogen and oxygen atoms in total. The van der Waals surface area contributed by atoms with Gasteiger partial charge in [-0.3, -0.25) is 9.59 Å². The van der Waals surface area contributed by atoms with Crippen LogP contribution < -0.4 is 0 Å². The zero-order valence-electron chi connectivity index (χ0n) is 14.6. The number of furan rings is 1. The fourth-order valence-electron chi connectivity index (χ4n) is 3.40. The highest BCUT2D eigenvalue weighted by atomic mass is 35.5. The quantitative estimate of drug-likeness (QED) is 0.831. The number of nitrogens with zero attached hydrogens (tertiary/aromatic N) is 2. The van der Waals surface area contributed by atoms with E-state index in [2.05, 4.69) is 0 Å². The van der Waals surface area contributed by atoms with Crippen molar-refractivity contribution in [3.05, 3.63) is 35.0 Å². The molecule has 0 radical (unpaired) electrons. The van der Waals surface area contributed by atoms with Gasteiger partial charge in [-0.05, 0) is 51.0 Å². The van der Waals surface area contributed by atoms with Crippen LogP contribution >= 0.6 is 11.6 Å². The summed E-state index contributed by atoms with van der Waals surface area (Å²) >= 11 is 5.98. The molecule has 6 heteroatoms. The predicted octanol–water partition coefficient (Wildman–Crippen LogP) is 3.81. The van der Waals surface area contributed by atoms with E-state index >= 15 is 0 Å². The molecule has 0 unspecified atom stereocenters. The van der Waals surface area contributed by atoms with Crippen LogP contribution in [0.15, 0.2) is 28.7 Å². The number of piperidine rings is 1. The van der Waals surface area contributed by atoms with Gasteiger partial charge >= 0.3 is 0 Å². The molecular formula is C19H23ClN2O3. The molecular weight excluding hydrogens is 340 g/mol. The van der Waals surface area contributed by atoms with Crippen LogP contribution in [0.2, 0.25) is 5.02 Å². The van der Waals surface area contributed by atoms with Crippen LogP contribution in [0.25, 0.3) is 11.0 Å². The third kappa shape index (κ3) is 3.66. The third-order valence-corrected chi connectivity index (χ3v) is 5.13. The van der Waals surface area contributed by atoms with E-state index in [0.717, 1.165) is 18.5 Å². The Morgan fingerprint density at radius 2 is 1.88 bits per heavy atom. The molecule has 25 heavy (non-hydrogen) atoms. The predicted molar refractivity (Wildman–Crippen MR) is 97.8 cm³/mol. The molecule has 2 heterocycles. The first-order valence-corrected chi connectivity index (χ1v) is 9.18. The molecule has 134 valence electrons. The Balaban J connectivity index is 1.65. The Bertz CT molecular complexity index is 774. The van der Waals surface area contributed by atoms with Crippen molar-refractivity contribution < 1.29 is 14.0 Å². The number of fused-ring (bicyclic) bond motifs is 1. The van der Waals surface area contributed by atoms with Gasteiger partial charge in [0.05, 0.1) is 0 Å². The lowest BCUT2D eigenvalue weighted by Crippen LogP contribution is -2.44. The second kappa shape index (κ2) is 7.48. The first-order chi connectivity index (χ1) is 12.0. The normalized spacial score (nSPS) is 15.6. The number of likely N-dealkylation sites (tertiary alicyclic amines) is 1. The van der Waals surface area contributed by atoms with Gasteiger partial charge in [0.2, 0.25) is 5.91 Å². The topological polar surface area (TPSA) is 53.8 Å². The second-order valence-corrected chi connectivity index (χ2v) is 6.81. The van der Waals surface area contributed by atoms with Crippen LogP contribution in [0.4, 0.5) is 0 Å². The fourth-order valence-corrected chi connectivity index (χ4v) is 3.58. The number of rotatable bonds is 4. The maximum atomic E-state index is 12.7. The number of benzene rings is 1. The molecule has 2 amide bonds. The Morgan fingerprint density at radius 1 is 1.20 bits per heavy atom. The summed E-state index contributed by atoms with van der Waals surface area (Å²) in [6.07, 6.45) is 1.40. The largest absolute Gasteiger partial charge is 0.451 e. The van der Waals surface area contributed by atoms with Crippen molar-refractivity contribution in [3.63, 3.8) is 0 Å². The summed E-state index contributed by atoms with van der Waals surface area (Å²) in [5.74, 6) is 0.417. The molecule has 0 saturated carbocycles. The Hall–Kier alpha value is -2.01. The smallest absolute Gasteiger partial charge is 0.289 e. The van der Waals surface area contributed by atoms with Gasteiger partial charge in [-0.15, -0.1) is 0 Å². The summed E-state index contributed by atoms with van der Waals surface area (Å²) in [5.41, 5.74) is 0.652.